The second-order valence-electron chi connectivity index (χ2n) is 7.46. The molecule has 0 spiro atoms. The van der Waals surface area contributed by atoms with Gasteiger partial charge in [0.05, 0.1) is 11.6 Å². The van der Waals surface area contributed by atoms with Gasteiger partial charge in [0.1, 0.15) is 0 Å². The Labute approximate surface area is 154 Å². The van der Waals surface area contributed by atoms with Gasteiger partial charge in [0.2, 0.25) is 0 Å². The Kier molecular flexibility index (Phi) is 6.58. The Morgan fingerprint density at radius 1 is 1.27 bits per heavy atom. The first-order valence-corrected chi connectivity index (χ1v) is 8.91. The van der Waals surface area contributed by atoms with E-state index >= 15 is 0 Å². The summed E-state index contributed by atoms with van der Waals surface area (Å²) in [6.45, 7) is 9.03. The van der Waals surface area contributed by atoms with Crippen molar-refractivity contribution in [1.82, 2.24) is 21.1 Å². The molecule has 1 aromatic rings. The van der Waals surface area contributed by atoms with E-state index in [-0.39, 0.29) is 5.54 Å². The van der Waals surface area contributed by atoms with Gasteiger partial charge in [-0.2, -0.15) is 5.26 Å². The Hall–Kier alpha value is -2.59. The van der Waals surface area contributed by atoms with Gasteiger partial charge in [-0.3, -0.25) is 15.1 Å². The SMILES string of the molecule is CC1CCCN(C(C)(C)CNC(=O)NNC(=O)c2ccc(C#N)cc2)C1. The molecule has 3 amide bonds. The minimum Gasteiger partial charge on any atom is -0.335 e. The summed E-state index contributed by atoms with van der Waals surface area (Å²) in [4.78, 5) is 26.4. The number of nitrogens with one attached hydrogen (secondary N) is 3. The average Bonchev–Trinajstić information content (AvgIpc) is 2.64. The Morgan fingerprint density at radius 2 is 1.96 bits per heavy atom. The van der Waals surface area contributed by atoms with Crippen molar-refractivity contribution in [3.63, 3.8) is 0 Å². The molecule has 1 fully saturated rings. The zero-order valence-corrected chi connectivity index (χ0v) is 15.6. The Morgan fingerprint density at radius 3 is 2.58 bits per heavy atom. The fourth-order valence-electron chi connectivity index (χ4n) is 3.07. The van der Waals surface area contributed by atoms with Gasteiger partial charge in [0.25, 0.3) is 5.91 Å². The smallest absolute Gasteiger partial charge is 0.333 e. The number of nitriles is 1. The molecule has 0 radical (unpaired) electrons. The van der Waals surface area contributed by atoms with Gasteiger partial charge in [0.15, 0.2) is 0 Å². The number of carbonyl (C=O) groups is 2. The summed E-state index contributed by atoms with van der Waals surface area (Å²) in [6.07, 6.45) is 2.43. The minimum atomic E-state index is -0.454. The highest BCUT2D eigenvalue weighted by molar-refractivity contribution is 5.95. The molecule has 0 saturated carbocycles. The number of hydrogen-bond acceptors (Lipinski definition) is 4. The van der Waals surface area contributed by atoms with Gasteiger partial charge in [-0.1, -0.05) is 6.92 Å². The minimum absolute atomic E-state index is 0.150. The van der Waals surface area contributed by atoms with Crippen LogP contribution in [0, 0.1) is 17.2 Å². The number of likely N-dealkylation sites (tertiary alicyclic amines) is 1. The summed E-state index contributed by atoms with van der Waals surface area (Å²) in [5.74, 6) is 0.234. The number of benzene rings is 1. The molecule has 26 heavy (non-hydrogen) atoms. The molecule has 1 unspecified atom stereocenters. The van der Waals surface area contributed by atoms with Gasteiger partial charge in [0, 0.05) is 24.2 Å². The molecule has 1 saturated heterocycles. The van der Waals surface area contributed by atoms with Crippen molar-refractivity contribution < 1.29 is 9.59 Å². The van der Waals surface area contributed by atoms with E-state index in [0.717, 1.165) is 13.1 Å². The molecule has 0 aromatic heterocycles. The van der Waals surface area contributed by atoms with Crippen molar-refractivity contribution in [2.45, 2.75) is 39.2 Å². The van der Waals surface area contributed by atoms with E-state index in [9.17, 15) is 9.59 Å². The monoisotopic (exact) mass is 357 g/mol. The second-order valence-corrected chi connectivity index (χ2v) is 7.46. The van der Waals surface area contributed by atoms with E-state index < -0.39 is 11.9 Å². The van der Waals surface area contributed by atoms with E-state index in [1.807, 2.05) is 6.07 Å². The highest BCUT2D eigenvalue weighted by Crippen LogP contribution is 2.23. The van der Waals surface area contributed by atoms with Crippen LogP contribution >= 0.6 is 0 Å². The molecule has 1 atom stereocenters. The van der Waals surface area contributed by atoms with Gasteiger partial charge in [-0.15, -0.1) is 0 Å². The Bertz CT molecular complexity index is 678. The zero-order chi connectivity index (χ0) is 19.2. The van der Waals surface area contributed by atoms with Crippen molar-refractivity contribution in [2.75, 3.05) is 19.6 Å². The lowest BCUT2D eigenvalue weighted by Gasteiger charge is -2.43. The molecule has 1 aliphatic heterocycles. The third-order valence-electron chi connectivity index (χ3n) is 4.76. The van der Waals surface area contributed by atoms with Crippen molar-refractivity contribution in [3.05, 3.63) is 35.4 Å². The maximum atomic E-state index is 12.0. The second kappa shape index (κ2) is 8.68. The molecule has 7 nitrogen and oxygen atoms in total. The van der Waals surface area contributed by atoms with Crippen LogP contribution in [0.15, 0.2) is 24.3 Å². The van der Waals surface area contributed by atoms with Crippen molar-refractivity contribution in [3.8, 4) is 6.07 Å². The lowest BCUT2D eigenvalue weighted by Crippen LogP contribution is -2.57. The molecule has 1 heterocycles. The zero-order valence-electron chi connectivity index (χ0n) is 15.6. The van der Waals surface area contributed by atoms with Crippen molar-refractivity contribution in [1.29, 1.82) is 5.26 Å². The first kappa shape index (κ1) is 19.7. The number of nitrogens with zero attached hydrogens (tertiary/aromatic N) is 2. The molecule has 0 bridgehead atoms. The van der Waals surface area contributed by atoms with Crippen LogP contribution in [-0.4, -0.2) is 42.0 Å². The number of urea groups is 1. The average molecular weight is 357 g/mol. The van der Waals surface area contributed by atoms with E-state index in [1.165, 1.54) is 25.0 Å². The first-order valence-electron chi connectivity index (χ1n) is 8.91. The number of rotatable bonds is 4. The van der Waals surface area contributed by atoms with Crippen LogP contribution in [0.5, 0.6) is 0 Å². The summed E-state index contributed by atoms with van der Waals surface area (Å²) in [6, 6.07) is 7.71. The van der Waals surface area contributed by atoms with Crippen LogP contribution in [0.2, 0.25) is 0 Å². The van der Waals surface area contributed by atoms with Crippen LogP contribution in [0.1, 0.15) is 49.5 Å². The fraction of sp³-hybridized carbons (Fsp3) is 0.526. The third kappa shape index (κ3) is 5.46. The molecule has 1 aliphatic rings. The number of hydrogen-bond donors (Lipinski definition) is 3. The quantitative estimate of drug-likeness (QED) is 0.718. The molecule has 7 heteroatoms. The summed E-state index contributed by atoms with van der Waals surface area (Å²) < 4.78 is 0. The maximum absolute atomic E-state index is 12.0. The summed E-state index contributed by atoms with van der Waals surface area (Å²) in [5.41, 5.74) is 5.41. The largest absolute Gasteiger partial charge is 0.335 e. The van der Waals surface area contributed by atoms with Crippen LogP contribution in [0.25, 0.3) is 0 Å². The maximum Gasteiger partial charge on any atom is 0.333 e. The van der Waals surface area contributed by atoms with E-state index in [4.69, 9.17) is 5.26 Å². The normalized spacial score (nSPS) is 17.8. The Balaban J connectivity index is 1.77. The van der Waals surface area contributed by atoms with Crippen molar-refractivity contribution in [2.24, 2.45) is 5.92 Å². The van der Waals surface area contributed by atoms with Crippen LogP contribution in [-0.2, 0) is 0 Å². The molecular weight excluding hydrogens is 330 g/mol. The molecular formula is C19H27N5O2. The van der Waals surface area contributed by atoms with Crippen LogP contribution in [0.3, 0.4) is 0 Å². The number of hydrazine groups is 1. The highest BCUT2D eigenvalue weighted by atomic mass is 16.2. The molecule has 0 aliphatic carbocycles. The van der Waals surface area contributed by atoms with E-state index in [1.54, 1.807) is 12.1 Å². The topological polar surface area (TPSA) is 97.3 Å². The molecule has 2 rings (SSSR count). The predicted molar refractivity (Wildman–Crippen MR) is 99.2 cm³/mol. The fourth-order valence-corrected chi connectivity index (χ4v) is 3.07. The third-order valence-corrected chi connectivity index (χ3v) is 4.76. The molecule has 140 valence electrons. The van der Waals surface area contributed by atoms with Gasteiger partial charge >= 0.3 is 6.03 Å². The van der Waals surface area contributed by atoms with E-state index in [0.29, 0.717) is 23.6 Å². The lowest BCUT2D eigenvalue weighted by molar-refractivity contribution is 0.0721. The molecule has 3 N–H and O–H groups in total. The highest BCUT2D eigenvalue weighted by Gasteiger charge is 2.30. The van der Waals surface area contributed by atoms with Crippen molar-refractivity contribution >= 4 is 11.9 Å². The van der Waals surface area contributed by atoms with Gasteiger partial charge in [-0.05, 0) is 63.4 Å². The number of piperidine rings is 1. The number of amides is 3. The standard InChI is InChI=1S/C19H27N5O2/c1-14-5-4-10-24(12-14)19(2,3)13-21-18(26)23-22-17(25)16-8-6-15(11-20)7-9-16/h6-9,14H,4-5,10,12-13H2,1-3H3,(H,22,25)(H2,21,23,26). The summed E-state index contributed by atoms with van der Waals surface area (Å²) in [5, 5.41) is 11.6. The summed E-state index contributed by atoms with van der Waals surface area (Å²) >= 11 is 0. The van der Waals surface area contributed by atoms with Gasteiger partial charge < -0.3 is 5.32 Å². The predicted octanol–water partition coefficient (Wildman–Crippen LogP) is 2.01. The first-order chi connectivity index (χ1) is 12.3. The van der Waals surface area contributed by atoms with Crippen LogP contribution < -0.4 is 16.2 Å². The number of carbonyl (C=O) groups excluding carboxylic acids is 2. The summed E-state index contributed by atoms with van der Waals surface area (Å²) in [7, 11) is 0. The lowest BCUT2D eigenvalue weighted by atomic mass is 9.93. The van der Waals surface area contributed by atoms with Crippen LogP contribution in [0.4, 0.5) is 4.79 Å². The molecule has 1 aromatic carbocycles. The van der Waals surface area contributed by atoms with E-state index in [2.05, 4.69) is 41.8 Å². The van der Waals surface area contributed by atoms with Gasteiger partial charge in [-0.25, -0.2) is 10.2 Å².